The standard InChI is InChI=1S/C8H17ClO3S/c1-2-3-4-5-6-12-7-8-13(9,10)11/h2-8H2,1H3. The van der Waals surface area contributed by atoms with Crippen molar-refractivity contribution in [1.82, 2.24) is 0 Å². The summed E-state index contributed by atoms with van der Waals surface area (Å²) in [5.74, 6) is -0.0949. The van der Waals surface area contributed by atoms with Gasteiger partial charge in [-0.3, -0.25) is 0 Å². The van der Waals surface area contributed by atoms with Crippen LogP contribution in [-0.4, -0.2) is 27.4 Å². The number of halogens is 1. The summed E-state index contributed by atoms with van der Waals surface area (Å²) in [6, 6.07) is 0. The summed E-state index contributed by atoms with van der Waals surface area (Å²) in [5.41, 5.74) is 0. The molecule has 0 radical (unpaired) electrons. The summed E-state index contributed by atoms with van der Waals surface area (Å²) in [6.07, 6.45) is 4.54. The first-order valence-electron chi connectivity index (χ1n) is 4.56. The fourth-order valence-corrected chi connectivity index (χ4v) is 1.40. The smallest absolute Gasteiger partial charge is 0.234 e. The molecule has 0 spiro atoms. The lowest BCUT2D eigenvalue weighted by Crippen LogP contribution is -2.07. The fourth-order valence-electron chi connectivity index (χ4n) is 0.891. The van der Waals surface area contributed by atoms with Crippen LogP contribution in [0.4, 0.5) is 0 Å². The lowest BCUT2D eigenvalue weighted by molar-refractivity contribution is 0.144. The Balaban J connectivity index is 3.09. The molecule has 0 aliphatic carbocycles. The van der Waals surface area contributed by atoms with Crippen molar-refractivity contribution >= 4 is 19.7 Å². The van der Waals surface area contributed by atoms with Crippen LogP contribution < -0.4 is 0 Å². The van der Waals surface area contributed by atoms with Crippen molar-refractivity contribution in [1.29, 1.82) is 0 Å². The predicted molar refractivity (Wildman–Crippen MR) is 54.6 cm³/mol. The first-order chi connectivity index (χ1) is 6.06. The lowest BCUT2D eigenvalue weighted by Gasteiger charge is -2.01. The topological polar surface area (TPSA) is 43.4 Å². The van der Waals surface area contributed by atoms with Crippen LogP contribution in [0.15, 0.2) is 0 Å². The van der Waals surface area contributed by atoms with Gasteiger partial charge in [-0.05, 0) is 6.42 Å². The van der Waals surface area contributed by atoms with E-state index in [-0.39, 0.29) is 12.4 Å². The van der Waals surface area contributed by atoms with E-state index in [1.807, 2.05) is 0 Å². The van der Waals surface area contributed by atoms with E-state index in [2.05, 4.69) is 6.92 Å². The number of ether oxygens (including phenoxy) is 1. The maximum Gasteiger partial charge on any atom is 0.234 e. The second-order valence-corrected chi connectivity index (χ2v) is 5.81. The van der Waals surface area contributed by atoms with Gasteiger partial charge in [-0.1, -0.05) is 26.2 Å². The van der Waals surface area contributed by atoms with Crippen molar-refractivity contribution in [3.63, 3.8) is 0 Å². The number of hydrogen-bond acceptors (Lipinski definition) is 3. The van der Waals surface area contributed by atoms with E-state index in [1.165, 1.54) is 12.8 Å². The Kier molecular flexibility index (Phi) is 7.71. The third-order valence-electron chi connectivity index (χ3n) is 1.61. The second kappa shape index (κ2) is 7.59. The fraction of sp³-hybridized carbons (Fsp3) is 1.00. The molecule has 0 amide bonds. The summed E-state index contributed by atoms with van der Waals surface area (Å²) in [4.78, 5) is 0. The van der Waals surface area contributed by atoms with Crippen molar-refractivity contribution in [3.05, 3.63) is 0 Å². The van der Waals surface area contributed by atoms with E-state index in [0.717, 1.165) is 12.8 Å². The van der Waals surface area contributed by atoms with Gasteiger partial charge in [0.1, 0.15) is 0 Å². The Morgan fingerprint density at radius 2 is 1.85 bits per heavy atom. The Labute approximate surface area is 84.8 Å². The molecule has 0 rings (SSSR count). The number of hydrogen-bond donors (Lipinski definition) is 0. The Bertz CT molecular complexity index is 201. The average Bonchev–Trinajstić information content (AvgIpc) is 2.01. The first kappa shape index (κ1) is 13.2. The van der Waals surface area contributed by atoms with Gasteiger partial charge in [0.25, 0.3) is 0 Å². The molecule has 3 nitrogen and oxygen atoms in total. The second-order valence-electron chi connectivity index (χ2n) is 2.92. The minimum Gasteiger partial charge on any atom is -0.380 e. The minimum atomic E-state index is -3.37. The van der Waals surface area contributed by atoms with Gasteiger partial charge in [0.05, 0.1) is 12.4 Å². The van der Waals surface area contributed by atoms with E-state index in [0.29, 0.717) is 6.61 Å². The predicted octanol–water partition coefficient (Wildman–Crippen LogP) is 2.15. The molecule has 0 aliphatic heterocycles. The monoisotopic (exact) mass is 228 g/mol. The van der Waals surface area contributed by atoms with Crippen molar-refractivity contribution in [3.8, 4) is 0 Å². The molecule has 80 valence electrons. The lowest BCUT2D eigenvalue weighted by atomic mass is 10.2. The zero-order valence-electron chi connectivity index (χ0n) is 7.96. The molecule has 0 heterocycles. The summed E-state index contributed by atoms with van der Waals surface area (Å²) in [6.45, 7) is 2.98. The molecular weight excluding hydrogens is 212 g/mol. The number of unbranched alkanes of at least 4 members (excludes halogenated alkanes) is 3. The van der Waals surface area contributed by atoms with Crippen LogP contribution in [0.5, 0.6) is 0 Å². The first-order valence-corrected chi connectivity index (χ1v) is 7.04. The highest BCUT2D eigenvalue weighted by Gasteiger charge is 2.03. The molecule has 0 saturated carbocycles. The molecule has 0 saturated heterocycles. The minimum absolute atomic E-state index is 0.0949. The molecule has 13 heavy (non-hydrogen) atoms. The third-order valence-corrected chi connectivity index (χ3v) is 2.73. The molecule has 0 N–H and O–H groups in total. The van der Waals surface area contributed by atoms with Crippen LogP contribution in [-0.2, 0) is 13.8 Å². The molecule has 0 bridgehead atoms. The van der Waals surface area contributed by atoms with Crippen LogP contribution in [0.1, 0.15) is 32.6 Å². The Morgan fingerprint density at radius 3 is 2.38 bits per heavy atom. The van der Waals surface area contributed by atoms with Gasteiger partial charge in [-0.25, -0.2) is 8.42 Å². The molecule has 0 aromatic carbocycles. The third kappa shape index (κ3) is 12.2. The van der Waals surface area contributed by atoms with Gasteiger partial charge in [-0.2, -0.15) is 0 Å². The molecular formula is C8H17ClO3S. The molecule has 0 aromatic heterocycles. The highest BCUT2D eigenvalue weighted by atomic mass is 35.7. The summed E-state index contributed by atoms with van der Waals surface area (Å²) >= 11 is 0. The van der Waals surface area contributed by atoms with Crippen LogP contribution in [0.3, 0.4) is 0 Å². The molecule has 0 aromatic rings. The van der Waals surface area contributed by atoms with Gasteiger partial charge in [0, 0.05) is 17.3 Å². The van der Waals surface area contributed by atoms with Crippen molar-refractivity contribution in [2.24, 2.45) is 0 Å². The van der Waals surface area contributed by atoms with E-state index in [9.17, 15) is 8.42 Å². The largest absolute Gasteiger partial charge is 0.380 e. The Hall–Kier alpha value is 0.200. The van der Waals surface area contributed by atoms with E-state index in [4.69, 9.17) is 15.4 Å². The molecule has 0 unspecified atom stereocenters. The van der Waals surface area contributed by atoms with Gasteiger partial charge in [0.15, 0.2) is 0 Å². The van der Waals surface area contributed by atoms with Crippen LogP contribution in [0.2, 0.25) is 0 Å². The quantitative estimate of drug-likeness (QED) is 0.472. The molecule has 0 aliphatic rings. The van der Waals surface area contributed by atoms with Gasteiger partial charge < -0.3 is 4.74 Å². The Morgan fingerprint density at radius 1 is 1.15 bits per heavy atom. The maximum atomic E-state index is 10.5. The van der Waals surface area contributed by atoms with Gasteiger partial charge in [-0.15, -0.1) is 0 Å². The summed E-state index contributed by atoms with van der Waals surface area (Å²) in [5, 5.41) is 0. The SMILES string of the molecule is CCCCCCOCCS(=O)(=O)Cl. The normalized spacial score (nSPS) is 11.8. The molecule has 0 fully saturated rings. The molecule has 0 atom stereocenters. The van der Waals surface area contributed by atoms with Crippen molar-refractivity contribution < 1.29 is 13.2 Å². The van der Waals surface area contributed by atoms with Crippen molar-refractivity contribution in [2.75, 3.05) is 19.0 Å². The number of rotatable bonds is 8. The highest BCUT2D eigenvalue weighted by Crippen LogP contribution is 2.00. The van der Waals surface area contributed by atoms with E-state index >= 15 is 0 Å². The zero-order valence-corrected chi connectivity index (χ0v) is 9.53. The van der Waals surface area contributed by atoms with E-state index < -0.39 is 9.05 Å². The average molecular weight is 229 g/mol. The highest BCUT2D eigenvalue weighted by molar-refractivity contribution is 8.13. The zero-order chi connectivity index (χ0) is 10.2. The maximum absolute atomic E-state index is 10.5. The van der Waals surface area contributed by atoms with Gasteiger partial charge >= 0.3 is 0 Å². The van der Waals surface area contributed by atoms with Crippen LogP contribution in [0, 0.1) is 0 Å². The van der Waals surface area contributed by atoms with Crippen LogP contribution in [0.25, 0.3) is 0 Å². The molecule has 5 heteroatoms. The summed E-state index contributed by atoms with van der Waals surface area (Å²) in [7, 11) is 1.61. The van der Waals surface area contributed by atoms with E-state index in [1.54, 1.807) is 0 Å². The van der Waals surface area contributed by atoms with Crippen LogP contribution >= 0.6 is 10.7 Å². The van der Waals surface area contributed by atoms with Gasteiger partial charge in [0.2, 0.25) is 9.05 Å². The summed E-state index contributed by atoms with van der Waals surface area (Å²) < 4.78 is 26.0. The van der Waals surface area contributed by atoms with Crippen molar-refractivity contribution in [2.45, 2.75) is 32.6 Å².